The van der Waals surface area contributed by atoms with E-state index in [4.69, 9.17) is 0 Å². The number of pyridine rings is 1. The molecule has 0 amide bonds. The third kappa shape index (κ3) is 3.64. The van der Waals surface area contributed by atoms with Gasteiger partial charge in [0.15, 0.2) is 5.43 Å². The van der Waals surface area contributed by atoms with Crippen molar-refractivity contribution in [3.05, 3.63) is 70.8 Å². The number of rotatable bonds is 4. The van der Waals surface area contributed by atoms with Gasteiger partial charge in [0.1, 0.15) is 0 Å². The highest BCUT2D eigenvalue weighted by atomic mass is 32.2. The second-order valence-electron chi connectivity index (χ2n) is 7.18. The SMILES string of the molecule is CN(C)S(=O)(=O)Cc1ccc2ccc3ncc(-c4cnn(C)c4)cc3c(=O)c2c1. The highest BCUT2D eigenvalue weighted by Crippen LogP contribution is 2.22. The van der Waals surface area contributed by atoms with E-state index in [1.54, 1.807) is 35.3 Å². The van der Waals surface area contributed by atoms with Crippen LogP contribution < -0.4 is 5.43 Å². The molecular weight excluding hydrogens is 388 g/mol. The summed E-state index contributed by atoms with van der Waals surface area (Å²) in [4.78, 5) is 17.8. The lowest BCUT2D eigenvalue weighted by atomic mass is 10.1. The highest BCUT2D eigenvalue weighted by molar-refractivity contribution is 7.88. The number of aromatic nitrogens is 3. The monoisotopic (exact) mass is 408 g/mol. The van der Waals surface area contributed by atoms with Gasteiger partial charge in [0.25, 0.3) is 0 Å². The molecule has 0 aliphatic heterocycles. The van der Waals surface area contributed by atoms with Crippen LogP contribution in [0.2, 0.25) is 0 Å². The first kappa shape index (κ1) is 19.2. The lowest BCUT2D eigenvalue weighted by molar-refractivity contribution is 0.520. The Bertz CT molecular complexity index is 1410. The summed E-state index contributed by atoms with van der Waals surface area (Å²) in [6.45, 7) is 0. The molecule has 0 N–H and O–H groups in total. The van der Waals surface area contributed by atoms with Crippen LogP contribution in [0.15, 0.2) is 59.8 Å². The predicted molar refractivity (Wildman–Crippen MR) is 114 cm³/mol. The zero-order valence-corrected chi connectivity index (χ0v) is 17.1. The summed E-state index contributed by atoms with van der Waals surface area (Å²) in [5, 5.41) is 5.86. The Morgan fingerprint density at radius 3 is 2.45 bits per heavy atom. The molecule has 8 heteroatoms. The maximum atomic E-state index is 13.3. The summed E-state index contributed by atoms with van der Waals surface area (Å²) in [6.07, 6.45) is 5.30. The van der Waals surface area contributed by atoms with E-state index in [9.17, 15) is 13.2 Å². The largest absolute Gasteiger partial charge is 0.289 e. The van der Waals surface area contributed by atoms with E-state index in [0.717, 1.165) is 16.5 Å². The fourth-order valence-corrected chi connectivity index (χ4v) is 4.07. The fraction of sp³-hybridized carbons (Fsp3) is 0.190. The Labute approximate surface area is 168 Å². The second kappa shape index (κ2) is 7.06. The molecule has 0 unspecified atom stereocenters. The van der Waals surface area contributed by atoms with Crippen LogP contribution in [-0.2, 0) is 22.8 Å². The standard InChI is InChI=1S/C21H20N4O3S/c1-24(2)29(27,28)13-14-4-5-15-6-7-20-19(21(26)18(15)8-14)9-16(10-22-20)17-11-23-25(3)12-17/h4-12H,13H2,1-3H3. The van der Waals surface area contributed by atoms with Crippen LogP contribution in [0.3, 0.4) is 0 Å². The van der Waals surface area contributed by atoms with Crippen molar-refractivity contribution in [1.29, 1.82) is 0 Å². The summed E-state index contributed by atoms with van der Waals surface area (Å²) in [5.41, 5.74) is 2.64. The van der Waals surface area contributed by atoms with Crippen LogP contribution in [-0.4, -0.2) is 41.6 Å². The van der Waals surface area contributed by atoms with Gasteiger partial charge in [0.05, 0.1) is 17.5 Å². The average Bonchev–Trinajstić information content (AvgIpc) is 3.06. The molecule has 0 saturated carbocycles. The van der Waals surface area contributed by atoms with E-state index in [2.05, 4.69) is 10.1 Å². The first-order valence-corrected chi connectivity index (χ1v) is 10.6. The topological polar surface area (TPSA) is 85.2 Å². The fourth-order valence-electron chi connectivity index (χ4n) is 3.21. The third-order valence-corrected chi connectivity index (χ3v) is 6.70. The molecule has 2 aromatic carbocycles. The van der Waals surface area contributed by atoms with Crippen molar-refractivity contribution in [2.24, 2.45) is 7.05 Å². The van der Waals surface area contributed by atoms with Crippen molar-refractivity contribution in [3.63, 3.8) is 0 Å². The summed E-state index contributed by atoms with van der Waals surface area (Å²) in [7, 11) is 1.39. The van der Waals surface area contributed by atoms with Crippen LogP contribution in [0, 0.1) is 0 Å². The molecule has 0 aliphatic carbocycles. The molecule has 0 fully saturated rings. The number of fused-ring (bicyclic) bond motifs is 2. The number of hydrogen-bond donors (Lipinski definition) is 0. The van der Waals surface area contributed by atoms with Crippen molar-refractivity contribution in [1.82, 2.24) is 19.1 Å². The van der Waals surface area contributed by atoms with Crippen molar-refractivity contribution in [2.45, 2.75) is 5.75 Å². The van der Waals surface area contributed by atoms with Crippen molar-refractivity contribution in [2.75, 3.05) is 14.1 Å². The average molecular weight is 408 g/mol. The molecule has 0 saturated heterocycles. The molecule has 0 bridgehead atoms. The number of hydrogen-bond acceptors (Lipinski definition) is 5. The van der Waals surface area contributed by atoms with E-state index >= 15 is 0 Å². The Hall–Kier alpha value is -3.10. The van der Waals surface area contributed by atoms with Gasteiger partial charge in [-0.1, -0.05) is 18.2 Å². The molecule has 4 aromatic rings. The number of nitrogens with zero attached hydrogens (tertiary/aromatic N) is 4. The quantitative estimate of drug-likeness (QED) is 0.518. The van der Waals surface area contributed by atoms with Crippen molar-refractivity contribution >= 4 is 31.7 Å². The minimum Gasteiger partial charge on any atom is -0.289 e. The van der Waals surface area contributed by atoms with Crippen LogP contribution in [0.4, 0.5) is 0 Å². The Morgan fingerprint density at radius 1 is 1.00 bits per heavy atom. The summed E-state index contributed by atoms with van der Waals surface area (Å²) >= 11 is 0. The van der Waals surface area contributed by atoms with E-state index in [0.29, 0.717) is 21.9 Å². The van der Waals surface area contributed by atoms with E-state index in [-0.39, 0.29) is 11.2 Å². The molecule has 2 aromatic heterocycles. The smallest absolute Gasteiger partial charge is 0.217 e. The van der Waals surface area contributed by atoms with Gasteiger partial charge in [0, 0.05) is 55.4 Å². The van der Waals surface area contributed by atoms with Gasteiger partial charge in [-0.15, -0.1) is 0 Å². The third-order valence-electron chi connectivity index (χ3n) is 4.89. The Kier molecular flexibility index (Phi) is 4.68. The molecule has 7 nitrogen and oxygen atoms in total. The molecule has 29 heavy (non-hydrogen) atoms. The van der Waals surface area contributed by atoms with Gasteiger partial charge in [-0.3, -0.25) is 14.5 Å². The second-order valence-corrected chi connectivity index (χ2v) is 9.36. The van der Waals surface area contributed by atoms with Crippen LogP contribution >= 0.6 is 0 Å². The maximum absolute atomic E-state index is 13.3. The number of benzene rings is 1. The van der Waals surface area contributed by atoms with E-state index < -0.39 is 10.0 Å². The van der Waals surface area contributed by atoms with E-state index in [1.165, 1.54) is 18.4 Å². The predicted octanol–water partition coefficient (Wildman–Crippen LogP) is 2.54. The summed E-state index contributed by atoms with van der Waals surface area (Å²) in [5.74, 6) is -0.162. The van der Waals surface area contributed by atoms with Gasteiger partial charge in [-0.25, -0.2) is 12.7 Å². The lowest BCUT2D eigenvalue weighted by Gasteiger charge is -2.11. The van der Waals surface area contributed by atoms with Crippen LogP contribution in [0.5, 0.6) is 0 Å². The molecule has 4 rings (SSSR count). The normalized spacial score (nSPS) is 12.1. The number of aryl methyl sites for hydroxylation is 1. The first-order chi connectivity index (χ1) is 13.7. The maximum Gasteiger partial charge on any atom is 0.217 e. The molecule has 148 valence electrons. The Balaban J connectivity index is 1.93. The molecule has 0 radical (unpaired) electrons. The van der Waals surface area contributed by atoms with Crippen LogP contribution in [0.25, 0.3) is 32.8 Å². The molecule has 2 heterocycles. The Morgan fingerprint density at radius 2 is 1.76 bits per heavy atom. The van der Waals surface area contributed by atoms with Gasteiger partial charge >= 0.3 is 0 Å². The summed E-state index contributed by atoms with van der Waals surface area (Å²) < 4.78 is 27.3. The zero-order chi connectivity index (χ0) is 20.8. The van der Waals surface area contributed by atoms with Gasteiger partial charge in [-0.05, 0) is 29.1 Å². The molecule has 0 atom stereocenters. The van der Waals surface area contributed by atoms with E-state index in [1.807, 2.05) is 31.4 Å². The van der Waals surface area contributed by atoms with Crippen molar-refractivity contribution in [3.8, 4) is 11.1 Å². The van der Waals surface area contributed by atoms with Gasteiger partial charge in [0.2, 0.25) is 10.0 Å². The van der Waals surface area contributed by atoms with Gasteiger partial charge < -0.3 is 0 Å². The number of sulfonamides is 1. The molecule has 0 spiro atoms. The minimum atomic E-state index is -3.42. The lowest BCUT2D eigenvalue weighted by Crippen LogP contribution is -2.23. The molecular formula is C21H20N4O3S. The zero-order valence-electron chi connectivity index (χ0n) is 16.3. The molecule has 0 aliphatic rings. The van der Waals surface area contributed by atoms with Crippen LogP contribution in [0.1, 0.15) is 5.56 Å². The summed E-state index contributed by atoms with van der Waals surface area (Å²) in [6, 6.07) is 10.6. The first-order valence-electron chi connectivity index (χ1n) is 8.99. The highest BCUT2D eigenvalue weighted by Gasteiger charge is 2.15. The van der Waals surface area contributed by atoms with Gasteiger partial charge in [-0.2, -0.15) is 5.10 Å². The minimum absolute atomic E-state index is 0.162. The van der Waals surface area contributed by atoms with Crippen molar-refractivity contribution < 1.29 is 8.42 Å².